The fourth-order valence-electron chi connectivity index (χ4n) is 1.12. The summed E-state index contributed by atoms with van der Waals surface area (Å²) in [5.74, 6) is 0. The number of alkyl halides is 1. The first kappa shape index (κ1) is 7.52. The summed E-state index contributed by atoms with van der Waals surface area (Å²) in [6, 6.07) is 0. The van der Waals surface area contributed by atoms with E-state index in [0.717, 1.165) is 19.3 Å². The molecular weight excluding hydrogens is 127 g/mol. The van der Waals surface area contributed by atoms with Crippen LogP contribution >= 0.6 is 0 Å². The number of hydrogen-bond acceptors (Lipinski definition) is 0. The SMILES string of the molecule is FCCCC1=CCCC=C1. The van der Waals surface area contributed by atoms with E-state index in [-0.39, 0.29) is 6.67 Å². The second kappa shape index (κ2) is 4.26. The third-order valence-electron chi connectivity index (χ3n) is 1.67. The Hall–Kier alpha value is -0.590. The van der Waals surface area contributed by atoms with Gasteiger partial charge >= 0.3 is 0 Å². The van der Waals surface area contributed by atoms with Crippen molar-refractivity contribution in [2.45, 2.75) is 25.7 Å². The Morgan fingerprint density at radius 1 is 1.40 bits per heavy atom. The van der Waals surface area contributed by atoms with Crippen molar-refractivity contribution in [3.05, 3.63) is 23.8 Å². The molecule has 0 radical (unpaired) electrons. The van der Waals surface area contributed by atoms with Gasteiger partial charge in [0.05, 0.1) is 6.67 Å². The van der Waals surface area contributed by atoms with Crippen molar-refractivity contribution in [3.63, 3.8) is 0 Å². The maximum absolute atomic E-state index is 11.7. The maximum Gasteiger partial charge on any atom is 0.0897 e. The van der Waals surface area contributed by atoms with E-state index < -0.39 is 0 Å². The zero-order valence-corrected chi connectivity index (χ0v) is 6.15. The fraction of sp³-hybridized carbons (Fsp3) is 0.556. The van der Waals surface area contributed by atoms with Gasteiger partial charge in [-0.15, -0.1) is 0 Å². The molecule has 0 saturated carbocycles. The van der Waals surface area contributed by atoms with Gasteiger partial charge < -0.3 is 0 Å². The first-order valence-corrected chi connectivity index (χ1v) is 3.85. The highest BCUT2D eigenvalue weighted by Crippen LogP contribution is 2.14. The Labute approximate surface area is 61.4 Å². The Morgan fingerprint density at radius 3 is 2.90 bits per heavy atom. The summed E-state index contributed by atoms with van der Waals surface area (Å²) >= 11 is 0. The van der Waals surface area contributed by atoms with Crippen LogP contribution in [0.2, 0.25) is 0 Å². The summed E-state index contributed by atoms with van der Waals surface area (Å²) in [6.45, 7) is -0.189. The van der Waals surface area contributed by atoms with Gasteiger partial charge in [0.2, 0.25) is 0 Å². The molecule has 0 fully saturated rings. The molecule has 0 unspecified atom stereocenters. The predicted molar refractivity (Wildman–Crippen MR) is 41.7 cm³/mol. The molecule has 0 aliphatic heterocycles. The lowest BCUT2D eigenvalue weighted by atomic mass is 10.0. The lowest BCUT2D eigenvalue weighted by Gasteiger charge is -2.03. The normalized spacial score (nSPS) is 17.1. The molecule has 0 amide bonds. The second-order valence-corrected chi connectivity index (χ2v) is 2.55. The molecule has 0 N–H and O–H groups in total. The molecular formula is C9H13F. The summed E-state index contributed by atoms with van der Waals surface area (Å²) in [6.07, 6.45) is 10.4. The molecule has 0 saturated heterocycles. The van der Waals surface area contributed by atoms with E-state index in [1.807, 2.05) is 0 Å². The maximum atomic E-state index is 11.7. The Bertz CT molecular complexity index is 145. The molecule has 1 aliphatic carbocycles. The fourth-order valence-corrected chi connectivity index (χ4v) is 1.12. The van der Waals surface area contributed by atoms with Crippen LogP contribution in [-0.4, -0.2) is 6.67 Å². The number of halogens is 1. The molecule has 0 spiro atoms. The minimum atomic E-state index is -0.189. The van der Waals surface area contributed by atoms with Gasteiger partial charge in [-0.3, -0.25) is 4.39 Å². The molecule has 1 heteroatoms. The molecule has 10 heavy (non-hydrogen) atoms. The van der Waals surface area contributed by atoms with Gasteiger partial charge in [-0.05, 0) is 25.7 Å². The highest BCUT2D eigenvalue weighted by atomic mass is 19.1. The van der Waals surface area contributed by atoms with Crippen LogP contribution in [0.25, 0.3) is 0 Å². The van der Waals surface area contributed by atoms with Crippen LogP contribution in [0.4, 0.5) is 4.39 Å². The Kier molecular flexibility index (Phi) is 3.20. The minimum absolute atomic E-state index is 0.189. The molecule has 1 rings (SSSR count). The summed E-state index contributed by atoms with van der Waals surface area (Å²) in [4.78, 5) is 0. The van der Waals surface area contributed by atoms with Crippen LogP contribution in [0.15, 0.2) is 23.8 Å². The third kappa shape index (κ3) is 2.34. The van der Waals surface area contributed by atoms with Gasteiger partial charge in [0, 0.05) is 0 Å². The lowest BCUT2D eigenvalue weighted by molar-refractivity contribution is 0.473. The lowest BCUT2D eigenvalue weighted by Crippen LogP contribution is -1.86. The third-order valence-corrected chi connectivity index (χ3v) is 1.67. The van der Waals surface area contributed by atoms with Crippen molar-refractivity contribution >= 4 is 0 Å². The number of allylic oxidation sites excluding steroid dienone is 4. The highest BCUT2D eigenvalue weighted by Gasteiger charge is 1.95. The van der Waals surface area contributed by atoms with E-state index in [1.54, 1.807) is 0 Å². The Balaban J connectivity index is 2.26. The van der Waals surface area contributed by atoms with Crippen LogP contribution in [0.5, 0.6) is 0 Å². The van der Waals surface area contributed by atoms with Crippen molar-refractivity contribution in [1.29, 1.82) is 0 Å². The quantitative estimate of drug-likeness (QED) is 0.565. The van der Waals surface area contributed by atoms with E-state index in [4.69, 9.17) is 0 Å². The molecule has 56 valence electrons. The van der Waals surface area contributed by atoms with Gasteiger partial charge in [-0.1, -0.05) is 23.8 Å². The van der Waals surface area contributed by atoms with Gasteiger partial charge in [-0.2, -0.15) is 0 Å². The van der Waals surface area contributed by atoms with Crippen LogP contribution in [0.1, 0.15) is 25.7 Å². The molecule has 0 atom stereocenters. The molecule has 0 aromatic heterocycles. The van der Waals surface area contributed by atoms with Crippen molar-refractivity contribution in [1.82, 2.24) is 0 Å². The monoisotopic (exact) mass is 140 g/mol. The van der Waals surface area contributed by atoms with Gasteiger partial charge in [0.1, 0.15) is 0 Å². The van der Waals surface area contributed by atoms with Crippen molar-refractivity contribution in [3.8, 4) is 0 Å². The molecule has 0 aromatic rings. The summed E-state index contributed by atoms with van der Waals surface area (Å²) < 4.78 is 11.7. The van der Waals surface area contributed by atoms with Crippen LogP contribution in [-0.2, 0) is 0 Å². The van der Waals surface area contributed by atoms with Gasteiger partial charge in [-0.25, -0.2) is 0 Å². The van der Waals surface area contributed by atoms with Crippen molar-refractivity contribution in [2.75, 3.05) is 6.67 Å². The van der Waals surface area contributed by atoms with Crippen LogP contribution in [0, 0.1) is 0 Å². The van der Waals surface area contributed by atoms with Gasteiger partial charge in [0.25, 0.3) is 0 Å². The van der Waals surface area contributed by atoms with Crippen LogP contribution < -0.4 is 0 Å². The molecule has 0 nitrogen and oxygen atoms in total. The summed E-state index contributed by atoms with van der Waals surface area (Å²) in [7, 11) is 0. The standard InChI is InChI=1S/C9H13F/c10-8-4-7-9-5-2-1-3-6-9/h2,5-6H,1,3-4,7-8H2. The second-order valence-electron chi connectivity index (χ2n) is 2.55. The Morgan fingerprint density at radius 2 is 2.30 bits per heavy atom. The van der Waals surface area contributed by atoms with E-state index in [9.17, 15) is 4.39 Å². The van der Waals surface area contributed by atoms with Crippen molar-refractivity contribution in [2.24, 2.45) is 0 Å². The molecule has 0 heterocycles. The topological polar surface area (TPSA) is 0 Å². The van der Waals surface area contributed by atoms with E-state index in [1.165, 1.54) is 5.57 Å². The number of rotatable bonds is 3. The molecule has 1 aliphatic rings. The predicted octanol–water partition coefficient (Wildman–Crippen LogP) is 3.01. The van der Waals surface area contributed by atoms with Crippen molar-refractivity contribution < 1.29 is 4.39 Å². The van der Waals surface area contributed by atoms with E-state index in [2.05, 4.69) is 18.2 Å². The first-order chi connectivity index (χ1) is 4.93. The smallest absolute Gasteiger partial charge is 0.0897 e. The average molecular weight is 140 g/mol. The molecule has 0 aromatic carbocycles. The van der Waals surface area contributed by atoms with Crippen LogP contribution in [0.3, 0.4) is 0 Å². The average Bonchev–Trinajstić information content (AvgIpc) is 2.03. The largest absolute Gasteiger partial charge is 0.251 e. The van der Waals surface area contributed by atoms with E-state index >= 15 is 0 Å². The zero-order chi connectivity index (χ0) is 7.23. The number of hydrogen-bond donors (Lipinski definition) is 0. The summed E-state index contributed by atoms with van der Waals surface area (Å²) in [5, 5.41) is 0. The zero-order valence-electron chi connectivity index (χ0n) is 6.15. The highest BCUT2D eigenvalue weighted by molar-refractivity contribution is 5.21. The first-order valence-electron chi connectivity index (χ1n) is 3.85. The van der Waals surface area contributed by atoms with E-state index in [0.29, 0.717) is 6.42 Å². The minimum Gasteiger partial charge on any atom is -0.251 e. The molecule has 0 bridgehead atoms. The van der Waals surface area contributed by atoms with Gasteiger partial charge in [0.15, 0.2) is 0 Å². The summed E-state index contributed by atoms with van der Waals surface area (Å²) in [5.41, 5.74) is 1.31.